The fourth-order valence-electron chi connectivity index (χ4n) is 1.21. The largest absolute Gasteiger partial charge is 0.421 e. The van der Waals surface area contributed by atoms with Gasteiger partial charge in [-0.05, 0) is 28.1 Å². The summed E-state index contributed by atoms with van der Waals surface area (Å²) in [7, 11) is 0. The van der Waals surface area contributed by atoms with E-state index in [1.165, 1.54) is 6.07 Å². The third kappa shape index (κ3) is 1.37. The third-order valence-corrected chi connectivity index (χ3v) is 2.49. The smallest absolute Gasteiger partial charge is 0.346 e. The molecule has 0 bridgehead atoms. The van der Waals surface area contributed by atoms with Gasteiger partial charge in [0, 0.05) is 5.39 Å². The molecule has 3 nitrogen and oxygen atoms in total. The minimum absolute atomic E-state index is 0.0376. The predicted molar refractivity (Wildman–Crippen MR) is 55.6 cm³/mol. The van der Waals surface area contributed by atoms with Crippen LogP contribution < -0.4 is 5.63 Å². The molecule has 2 rings (SSSR count). The first-order valence-corrected chi connectivity index (χ1v) is 4.69. The zero-order chi connectivity index (χ0) is 10.1. The van der Waals surface area contributed by atoms with E-state index >= 15 is 0 Å². The van der Waals surface area contributed by atoms with Crippen LogP contribution in [0.2, 0.25) is 0 Å². The average Bonchev–Trinajstić information content (AvgIpc) is 2.19. The first-order chi connectivity index (χ1) is 6.72. The maximum Gasteiger partial charge on any atom is 0.346 e. The van der Waals surface area contributed by atoms with Crippen molar-refractivity contribution in [1.82, 2.24) is 0 Å². The van der Waals surface area contributed by atoms with Crippen molar-refractivity contribution in [3.05, 3.63) is 44.7 Å². The highest BCUT2D eigenvalue weighted by atomic mass is 79.9. The minimum atomic E-state index is -0.612. The molecule has 0 aliphatic rings. The van der Waals surface area contributed by atoms with Crippen LogP contribution in [0, 0.1) is 0 Å². The highest BCUT2D eigenvalue weighted by Gasteiger charge is 2.05. The molecule has 1 aromatic carbocycles. The van der Waals surface area contributed by atoms with Crippen molar-refractivity contribution < 1.29 is 9.21 Å². The SMILES string of the molecule is O=Cc1cc2cccc(Br)c2oc1=O. The summed E-state index contributed by atoms with van der Waals surface area (Å²) in [5.41, 5.74) is -0.113. The second-order valence-electron chi connectivity index (χ2n) is 2.77. The molecule has 0 fully saturated rings. The van der Waals surface area contributed by atoms with Crippen LogP contribution in [0.1, 0.15) is 10.4 Å². The van der Waals surface area contributed by atoms with E-state index in [1.54, 1.807) is 18.2 Å². The lowest BCUT2D eigenvalue weighted by molar-refractivity contribution is 0.112. The number of carbonyl (C=O) groups is 1. The molecule has 0 unspecified atom stereocenters. The topological polar surface area (TPSA) is 47.3 Å². The Morgan fingerprint density at radius 2 is 2.14 bits per heavy atom. The molecule has 0 N–H and O–H groups in total. The summed E-state index contributed by atoms with van der Waals surface area (Å²) in [4.78, 5) is 21.7. The van der Waals surface area contributed by atoms with E-state index in [0.29, 0.717) is 16.3 Å². The third-order valence-electron chi connectivity index (χ3n) is 1.87. The quantitative estimate of drug-likeness (QED) is 0.579. The van der Waals surface area contributed by atoms with E-state index in [4.69, 9.17) is 4.42 Å². The molecular formula is C10H5BrO3. The fraction of sp³-hybridized carbons (Fsp3) is 0. The van der Waals surface area contributed by atoms with Gasteiger partial charge in [-0.3, -0.25) is 4.79 Å². The average molecular weight is 253 g/mol. The molecule has 2 aromatic rings. The number of hydrogen-bond donors (Lipinski definition) is 0. The Labute approximate surface area is 87.5 Å². The second-order valence-corrected chi connectivity index (χ2v) is 3.62. The Bertz CT molecular complexity index is 557. The van der Waals surface area contributed by atoms with Crippen LogP contribution in [0.5, 0.6) is 0 Å². The summed E-state index contributed by atoms with van der Waals surface area (Å²) in [5.74, 6) is 0. The monoisotopic (exact) mass is 252 g/mol. The molecule has 0 aliphatic heterocycles. The van der Waals surface area contributed by atoms with Gasteiger partial charge >= 0.3 is 5.63 Å². The summed E-state index contributed by atoms with van der Waals surface area (Å²) in [6.07, 6.45) is 0.492. The molecule has 0 aliphatic carbocycles. The molecule has 0 radical (unpaired) electrons. The molecule has 0 saturated heterocycles. The maximum absolute atomic E-state index is 11.2. The van der Waals surface area contributed by atoms with Crippen LogP contribution in [0.25, 0.3) is 11.0 Å². The van der Waals surface area contributed by atoms with Gasteiger partial charge in [0.25, 0.3) is 0 Å². The first-order valence-electron chi connectivity index (χ1n) is 3.90. The lowest BCUT2D eigenvalue weighted by Crippen LogP contribution is -2.05. The standard InChI is InChI=1S/C10H5BrO3/c11-8-3-1-2-6-4-7(5-12)10(13)14-9(6)8/h1-5H. The number of para-hydroxylation sites is 1. The van der Waals surface area contributed by atoms with Crippen LogP contribution in [0.15, 0.2) is 37.9 Å². The number of benzene rings is 1. The Morgan fingerprint density at radius 3 is 2.86 bits per heavy atom. The summed E-state index contributed by atoms with van der Waals surface area (Å²) >= 11 is 3.26. The Balaban J connectivity index is 2.93. The van der Waals surface area contributed by atoms with Crippen molar-refractivity contribution in [3.8, 4) is 0 Å². The lowest BCUT2D eigenvalue weighted by atomic mass is 10.2. The van der Waals surface area contributed by atoms with Crippen LogP contribution in [0.3, 0.4) is 0 Å². The van der Waals surface area contributed by atoms with Crippen molar-refractivity contribution in [2.45, 2.75) is 0 Å². The molecule has 70 valence electrons. The van der Waals surface area contributed by atoms with Gasteiger partial charge < -0.3 is 4.42 Å². The van der Waals surface area contributed by atoms with Crippen molar-refractivity contribution in [1.29, 1.82) is 0 Å². The van der Waals surface area contributed by atoms with Gasteiger partial charge in [0.2, 0.25) is 0 Å². The lowest BCUT2D eigenvalue weighted by Gasteiger charge is -1.98. The van der Waals surface area contributed by atoms with Crippen molar-refractivity contribution in [2.75, 3.05) is 0 Å². The molecular weight excluding hydrogens is 248 g/mol. The van der Waals surface area contributed by atoms with E-state index in [0.717, 1.165) is 5.39 Å². The number of aldehydes is 1. The Morgan fingerprint density at radius 1 is 1.36 bits per heavy atom. The molecule has 4 heteroatoms. The molecule has 0 atom stereocenters. The minimum Gasteiger partial charge on any atom is -0.421 e. The van der Waals surface area contributed by atoms with Crippen molar-refractivity contribution in [3.63, 3.8) is 0 Å². The number of rotatable bonds is 1. The normalized spacial score (nSPS) is 10.4. The first kappa shape index (κ1) is 9.15. The number of fused-ring (bicyclic) bond motifs is 1. The van der Waals surface area contributed by atoms with Crippen LogP contribution in [-0.2, 0) is 0 Å². The molecule has 14 heavy (non-hydrogen) atoms. The number of carbonyl (C=O) groups excluding carboxylic acids is 1. The molecule has 0 spiro atoms. The highest BCUT2D eigenvalue weighted by Crippen LogP contribution is 2.22. The zero-order valence-electron chi connectivity index (χ0n) is 6.99. The van der Waals surface area contributed by atoms with Crippen LogP contribution in [0.4, 0.5) is 0 Å². The van der Waals surface area contributed by atoms with Gasteiger partial charge in [-0.15, -0.1) is 0 Å². The fourth-order valence-corrected chi connectivity index (χ4v) is 1.67. The van der Waals surface area contributed by atoms with Gasteiger partial charge in [0.1, 0.15) is 5.56 Å². The van der Waals surface area contributed by atoms with E-state index in [2.05, 4.69) is 15.9 Å². The van der Waals surface area contributed by atoms with Crippen LogP contribution >= 0.6 is 15.9 Å². The van der Waals surface area contributed by atoms with Gasteiger partial charge in [0.05, 0.1) is 4.47 Å². The number of hydrogen-bond acceptors (Lipinski definition) is 3. The summed E-state index contributed by atoms with van der Waals surface area (Å²) < 4.78 is 5.68. The number of halogens is 1. The summed E-state index contributed by atoms with van der Waals surface area (Å²) in [6.45, 7) is 0. The zero-order valence-corrected chi connectivity index (χ0v) is 8.58. The van der Waals surface area contributed by atoms with E-state index in [-0.39, 0.29) is 5.56 Å². The Kier molecular flexibility index (Phi) is 2.21. The maximum atomic E-state index is 11.2. The molecule has 1 heterocycles. The Hall–Kier alpha value is -1.42. The molecule has 0 amide bonds. The molecule has 0 saturated carbocycles. The van der Waals surface area contributed by atoms with Gasteiger partial charge in [-0.2, -0.15) is 0 Å². The van der Waals surface area contributed by atoms with Gasteiger partial charge in [-0.1, -0.05) is 12.1 Å². The van der Waals surface area contributed by atoms with E-state index in [1.807, 2.05) is 0 Å². The van der Waals surface area contributed by atoms with Crippen molar-refractivity contribution >= 4 is 33.2 Å². The van der Waals surface area contributed by atoms with Gasteiger partial charge in [0.15, 0.2) is 11.9 Å². The summed E-state index contributed by atoms with van der Waals surface area (Å²) in [6, 6.07) is 6.86. The second kappa shape index (κ2) is 3.38. The molecule has 1 aromatic heterocycles. The van der Waals surface area contributed by atoms with E-state index in [9.17, 15) is 9.59 Å². The summed E-state index contributed by atoms with van der Waals surface area (Å²) in [5, 5.41) is 0.723. The van der Waals surface area contributed by atoms with Gasteiger partial charge in [-0.25, -0.2) is 4.79 Å². The van der Waals surface area contributed by atoms with Crippen molar-refractivity contribution in [2.24, 2.45) is 0 Å². The van der Waals surface area contributed by atoms with E-state index < -0.39 is 5.63 Å². The van der Waals surface area contributed by atoms with Crippen LogP contribution in [-0.4, -0.2) is 6.29 Å². The highest BCUT2D eigenvalue weighted by molar-refractivity contribution is 9.10. The predicted octanol–water partition coefficient (Wildman–Crippen LogP) is 2.37.